The highest BCUT2D eigenvalue weighted by atomic mass is 19.3. The number of halogens is 3. The molecular weight excluding hydrogens is 403 g/mol. The molecule has 2 heterocycles. The second-order valence-electron chi connectivity index (χ2n) is 7.37. The lowest BCUT2D eigenvalue weighted by atomic mass is 10.1. The van der Waals surface area contributed by atoms with Crippen LogP contribution < -0.4 is 20.4 Å². The van der Waals surface area contributed by atoms with Crippen molar-refractivity contribution in [2.24, 2.45) is 0 Å². The molecule has 10 heteroatoms. The van der Waals surface area contributed by atoms with Gasteiger partial charge in [-0.3, -0.25) is 4.79 Å². The highest BCUT2D eigenvalue weighted by molar-refractivity contribution is 5.97. The Balaban J connectivity index is 2.03. The van der Waals surface area contributed by atoms with Gasteiger partial charge in [0.2, 0.25) is 5.43 Å². The molecule has 1 saturated heterocycles. The Morgan fingerprint density at radius 1 is 1.40 bits per heavy atom. The van der Waals surface area contributed by atoms with E-state index >= 15 is 4.39 Å². The SMILES string of the molecule is C=CC1CN(c2c(F)cc3c(=O)c(C(=O)O)cn(C4CC4)c3c2OC(F)F)CCN1. The smallest absolute Gasteiger partial charge is 0.387 e. The first-order valence-electron chi connectivity index (χ1n) is 9.52. The summed E-state index contributed by atoms with van der Waals surface area (Å²) in [5, 5.41) is 12.2. The second kappa shape index (κ2) is 7.67. The van der Waals surface area contributed by atoms with Crippen LogP contribution in [0.25, 0.3) is 10.9 Å². The van der Waals surface area contributed by atoms with Crippen LogP contribution in [0, 0.1) is 5.82 Å². The van der Waals surface area contributed by atoms with Crippen LogP contribution >= 0.6 is 0 Å². The zero-order chi connectivity index (χ0) is 21.6. The van der Waals surface area contributed by atoms with E-state index in [4.69, 9.17) is 4.74 Å². The lowest BCUT2D eigenvalue weighted by Crippen LogP contribution is -2.50. The molecule has 0 bridgehead atoms. The van der Waals surface area contributed by atoms with Gasteiger partial charge in [-0.1, -0.05) is 6.08 Å². The minimum absolute atomic E-state index is 0.0158. The van der Waals surface area contributed by atoms with Crippen molar-refractivity contribution in [1.82, 2.24) is 9.88 Å². The van der Waals surface area contributed by atoms with Crippen molar-refractivity contribution in [2.75, 3.05) is 24.5 Å². The van der Waals surface area contributed by atoms with Gasteiger partial charge in [0, 0.05) is 37.9 Å². The molecule has 1 aromatic carbocycles. The lowest BCUT2D eigenvalue weighted by molar-refractivity contribution is -0.0488. The van der Waals surface area contributed by atoms with Gasteiger partial charge >= 0.3 is 12.6 Å². The Morgan fingerprint density at radius 2 is 2.13 bits per heavy atom. The summed E-state index contributed by atoms with van der Waals surface area (Å²) in [6.07, 6.45) is 4.14. The Hall–Kier alpha value is -3.01. The fourth-order valence-electron chi connectivity index (χ4n) is 3.87. The second-order valence-corrected chi connectivity index (χ2v) is 7.37. The van der Waals surface area contributed by atoms with Crippen LogP contribution in [0.2, 0.25) is 0 Å². The number of anilines is 1. The highest BCUT2D eigenvalue weighted by Gasteiger charge is 2.33. The monoisotopic (exact) mass is 423 g/mol. The number of carboxylic acids is 1. The van der Waals surface area contributed by atoms with Crippen LogP contribution in [-0.4, -0.2) is 47.9 Å². The fraction of sp³-hybridized carbons (Fsp3) is 0.400. The maximum Gasteiger partial charge on any atom is 0.387 e. The molecular formula is C20H20F3N3O4. The van der Waals surface area contributed by atoms with E-state index < -0.39 is 35.1 Å². The van der Waals surface area contributed by atoms with E-state index in [9.17, 15) is 23.5 Å². The summed E-state index contributed by atoms with van der Waals surface area (Å²) in [7, 11) is 0. The van der Waals surface area contributed by atoms with Gasteiger partial charge in [0.1, 0.15) is 11.3 Å². The highest BCUT2D eigenvalue weighted by Crippen LogP contribution is 2.44. The predicted molar refractivity (Wildman–Crippen MR) is 104 cm³/mol. The summed E-state index contributed by atoms with van der Waals surface area (Å²) in [4.78, 5) is 25.8. The topological polar surface area (TPSA) is 83.8 Å². The summed E-state index contributed by atoms with van der Waals surface area (Å²) in [5.74, 6) is -2.84. The molecule has 1 atom stereocenters. The molecule has 1 aliphatic carbocycles. The van der Waals surface area contributed by atoms with E-state index in [1.807, 2.05) is 0 Å². The molecule has 160 valence electrons. The Morgan fingerprint density at radius 3 is 2.73 bits per heavy atom. The summed E-state index contributed by atoms with van der Waals surface area (Å²) >= 11 is 0. The number of rotatable bonds is 6. The van der Waals surface area contributed by atoms with Gasteiger partial charge in [-0.05, 0) is 18.9 Å². The molecule has 1 unspecified atom stereocenters. The number of carbonyl (C=O) groups is 1. The van der Waals surface area contributed by atoms with E-state index in [-0.39, 0.29) is 35.2 Å². The molecule has 0 radical (unpaired) electrons. The quantitative estimate of drug-likeness (QED) is 0.696. The zero-order valence-corrected chi connectivity index (χ0v) is 15.9. The molecule has 0 amide bonds. The van der Waals surface area contributed by atoms with Crippen molar-refractivity contribution in [1.29, 1.82) is 0 Å². The summed E-state index contributed by atoms with van der Waals surface area (Å²) in [6.45, 7) is 1.51. The standard InChI is InChI=1S/C20H20F3N3O4/c1-2-10-8-25(6-5-24-10)16-14(21)7-12-15(18(16)30-20(22)23)26(11-3-4-11)9-13(17(12)27)19(28)29/h2,7,9-11,20,24H,1,3-6,8H2,(H,28,29). The molecule has 4 rings (SSSR count). The predicted octanol–water partition coefficient (Wildman–Crippen LogP) is 2.74. The number of fused-ring (bicyclic) bond motifs is 1. The molecule has 2 fully saturated rings. The number of nitrogens with one attached hydrogen (secondary N) is 1. The number of pyridine rings is 1. The molecule has 2 aliphatic rings. The number of aromatic nitrogens is 1. The summed E-state index contributed by atoms with van der Waals surface area (Å²) in [6, 6.07) is 0.559. The summed E-state index contributed by atoms with van der Waals surface area (Å²) in [5.41, 5.74) is -1.67. The molecule has 30 heavy (non-hydrogen) atoms. The molecule has 2 aromatic rings. The number of carboxylic acid groups (broad SMARTS) is 1. The molecule has 7 nitrogen and oxygen atoms in total. The van der Waals surface area contributed by atoms with E-state index in [1.165, 1.54) is 4.57 Å². The van der Waals surface area contributed by atoms with E-state index in [1.54, 1.807) is 11.0 Å². The maximum atomic E-state index is 15.2. The Labute approximate surface area is 169 Å². The number of hydrogen-bond acceptors (Lipinski definition) is 5. The number of aromatic carboxylic acids is 1. The molecule has 1 saturated carbocycles. The van der Waals surface area contributed by atoms with E-state index in [0.717, 1.165) is 12.3 Å². The van der Waals surface area contributed by atoms with Crippen molar-refractivity contribution >= 4 is 22.6 Å². The molecule has 0 spiro atoms. The largest absolute Gasteiger partial charge is 0.477 e. The number of nitrogens with zero attached hydrogens (tertiary/aromatic N) is 2. The van der Waals surface area contributed by atoms with Gasteiger partial charge in [0.25, 0.3) is 0 Å². The molecule has 1 aromatic heterocycles. The number of ether oxygens (including phenoxy) is 1. The van der Waals surface area contributed by atoms with Crippen molar-refractivity contribution in [2.45, 2.75) is 31.5 Å². The van der Waals surface area contributed by atoms with Crippen LogP contribution in [0.1, 0.15) is 29.2 Å². The third kappa shape index (κ3) is 3.51. The fourth-order valence-corrected chi connectivity index (χ4v) is 3.87. The van der Waals surface area contributed by atoms with Gasteiger partial charge in [-0.2, -0.15) is 8.78 Å². The number of alkyl halides is 2. The van der Waals surface area contributed by atoms with Gasteiger partial charge in [-0.25, -0.2) is 9.18 Å². The van der Waals surface area contributed by atoms with E-state index in [0.29, 0.717) is 25.9 Å². The third-order valence-electron chi connectivity index (χ3n) is 5.38. The van der Waals surface area contributed by atoms with Crippen LogP contribution in [0.3, 0.4) is 0 Å². The van der Waals surface area contributed by atoms with Crippen LogP contribution in [0.15, 0.2) is 29.7 Å². The minimum Gasteiger partial charge on any atom is -0.477 e. The lowest BCUT2D eigenvalue weighted by Gasteiger charge is -2.35. The van der Waals surface area contributed by atoms with Gasteiger partial charge in [-0.15, -0.1) is 6.58 Å². The van der Waals surface area contributed by atoms with E-state index in [2.05, 4.69) is 11.9 Å². The average Bonchev–Trinajstić information content (AvgIpc) is 3.53. The minimum atomic E-state index is -3.26. The molecule has 1 aliphatic heterocycles. The first-order valence-corrected chi connectivity index (χ1v) is 9.52. The van der Waals surface area contributed by atoms with Crippen molar-refractivity contribution < 1.29 is 27.8 Å². The maximum absolute atomic E-state index is 15.2. The van der Waals surface area contributed by atoms with Gasteiger partial charge in [0.05, 0.1) is 10.9 Å². The normalized spacial score (nSPS) is 19.3. The number of hydrogen-bond donors (Lipinski definition) is 2. The Bertz CT molecular complexity index is 1080. The third-order valence-corrected chi connectivity index (χ3v) is 5.38. The van der Waals surface area contributed by atoms with Gasteiger partial charge in [0.15, 0.2) is 11.6 Å². The average molecular weight is 423 g/mol. The van der Waals surface area contributed by atoms with Gasteiger partial charge < -0.3 is 24.6 Å². The van der Waals surface area contributed by atoms with Crippen molar-refractivity contribution in [3.63, 3.8) is 0 Å². The van der Waals surface area contributed by atoms with Crippen molar-refractivity contribution in [3.8, 4) is 5.75 Å². The zero-order valence-electron chi connectivity index (χ0n) is 15.9. The first kappa shape index (κ1) is 20.3. The van der Waals surface area contributed by atoms with Crippen LogP contribution in [0.5, 0.6) is 5.75 Å². The number of benzene rings is 1. The number of piperazine rings is 1. The van der Waals surface area contributed by atoms with Crippen LogP contribution in [-0.2, 0) is 0 Å². The summed E-state index contributed by atoms with van der Waals surface area (Å²) < 4.78 is 48.1. The van der Waals surface area contributed by atoms with Crippen molar-refractivity contribution in [3.05, 3.63) is 46.5 Å². The molecule has 2 N–H and O–H groups in total. The Kier molecular flexibility index (Phi) is 5.19. The first-order chi connectivity index (χ1) is 14.3. The van der Waals surface area contributed by atoms with Crippen LogP contribution in [0.4, 0.5) is 18.9 Å².